The van der Waals surface area contributed by atoms with E-state index in [9.17, 15) is 27.6 Å². The molecule has 0 saturated heterocycles. The van der Waals surface area contributed by atoms with Gasteiger partial charge in [0, 0.05) is 6.04 Å². The van der Waals surface area contributed by atoms with E-state index >= 15 is 0 Å². The Balaban J connectivity index is 1.68. The van der Waals surface area contributed by atoms with Gasteiger partial charge in [-0.05, 0) is 25.0 Å². The van der Waals surface area contributed by atoms with Crippen molar-refractivity contribution in [3.8, 4) is 0 Å². The van der Waals surface area contributed by atoms with Crippen LogP contribution in [0.2, 0.25) is 0 Å². The van der Waals surface area contributed by atoms with Gasteiger partial charge in [-0.3, -0.25) is 25.2 Å². The number of hydrogen-bond acceptors (Lipinski definition) is 4. The summed E-state index contributed by atoms with van der Waals surface area (Å²) in [7, 11) is 0. The molecule has 1 aliphatic rings. The minimum absolute atomic E-state index is 0.0457. The lowest BCUT2D eigenvalue weighted by Crippen LogP contribution is -2.49. The zero-order chi connectivity index (χ0) is 18.9. The van der Waals surface area contributed by atoms with Gasteiger partial charge in [-0.25, -0.2) is 4.98 Å². The number of amides is 3. The second kappa shape index (κ2) is 6.65. The van der Waals surface area contributed by atoms with Crippen LogP contribution in [-0.2, 0) is 27.1 Å². The van der Waals surface area contributed by atoms with Crippen LogP contribution in [-0.4, -0.2) is 33.3 Å². The molecule has 1 heterocycles. The second-order valence-electron chi connectivity index (χ2n) is 5.76. The van der Waals surface area contributed by atoms with Gasteiger partial charge >= 0.3 is 18.0 Å². The van der Waals surface area contributed by atoms with Gasteiger partial charge in [0.2, 0.25) is 5.82 Å². The zero-order valence-corrected chi connectivity index (χ0v) is 13.3. The minimum Gasteiger partial charge on any atom is -0.345 e. The van der Waals surface area contributed by atoms with E-state index in [1.54, 1.807) is 0 Å². The first-order valence-corrected chi connectivity index (χ1v) is 7.68. The number of hydrazine groups is 1. The molecular formula is C15H14F3N5O3. The van der Waals surface area contributed by atoms with E-state index in [0.717, 1.165) is 12.8 Å². The van der Waals surface area contributed by atoms with Crippen LogP contribution in [0.1, 0.15) is 18.7 Å². The predicted octanol–water partition coefficient (Wildman–Crippen LogP) is 0.481. The van der Waals surface area contributed by atoms with Crippen molar-refractivity contribution >= 4 is 28.8 Å². The summed E-state index contributed by atoms with van der Waals surface area (Å²) >= 11 is 0. The summed E-state index contributed by atoms with van der Waals surface area (Å²) in [6, 6.07) is 5.78. The molecule has 1 saturated carbocycles. The molecule has 138 valence electrons. The molecule has 0 radical (unpaired) electrons. The van der Waals surface area contributed by atoms with Crippen LogP contribution >= 0.6 is 0 Å². The highest BCUT2D eigenvalue weighted by molar-refractivity contribution is 6.35. The number of halogens is 3. The first-order valence-electron chi connectivity index (χ1n) is 7.68. The normalized spacial score (nSPS) is 14.1. The molecule has 26 heavy (non-hydrogen) atoms. The summed E-state index contributed by atoms with van der Waals surface area (Å²) in [5.74, 6) is -4.19. The molecular weight excluding hydrogens is 355 g/mol. The molecule has 0 aliphatic heterocycles. The first kappa shape index (κ1) is 17.7. The molecule has 2 aromatic rings. The second-order valence-corrected chi connectivity index (χ2v) is 5.76. The van der Waals surface area contributed by atoms with Gasteiger partial charge in [-0.2, -0.15) is 13.2 Å². The van der Waals surface area contributed by atoms with Crippen LogP contribution in [0.3, 0.4) is 0 Å². The fourth-order valence-electron chi connectivity index (χ4n) is 2.30. The molecule has 1 aromatic heterocycles. The van der Waals surface area contributed by atoms with Crippen LogP contribution in [0.4, 0.5) is 13.2 Å². The number of hydrogen-bond donors (Lipinski definition) is 3. The van der Waals surface area contributed by atoms with E-state index < -0.39 is 36.3 Å². The van der Waals surface area contributed by atoms with Crippen molar-refractivity contribution in [2.24, 2.45) is 0 Å². The number of imidazole rings is 1. The van der Waals surface area contributed by atoms with E-state index in [-0.39, 0.29) is 17.1 Å². The topological polar surface area (TPSA) is 105 Å². The Morgan fingerprint density at radius 2 is 1.81 bits per heavy atom. The summed E-state index contributed by atoms with van der Waals surface area (Å²) in [4.78, 5) is 38.4. The largest absolute Gasteiger partial charge is 0.449 e. The maximum absolute atomic E-state index is 13.1. The highest BCUT2D eigenvalue weighted by Gasteiger charge is 2.38. The smallest absolute Gasteiger partial charge is 0.345 e. The predicted molar refractivity (Wildman–Crippen MR) is 82.2 cm³/mol. The number of nitrogens with one attached hydrogen (secondary N) is 3. The van der Waals surface area contributed by atoms with Crippen molar-refractivity contribution in [3.63, 3.8) is 0 Å². The molecule has 0 unspecified atom stereocenters. The summed E-state index contributed by atoms with van der Waals surface area (Å²) in [6.45, 7) is -0.736. The van der Waals surface area contributed by atoms with Crippen molar-refractivity contribution < 1.29 is 27.6 Å². The lowest BCUT2D eigenvalue weighted by Gasteiger charge is -2.12. The highest BCUT2D eigenvalue weighted by Crippen LogP contribution is 2.31. The van der Waals surface area contributed by atoms with Gasteiger partial charge in [0.05, 0.1) is 11.0 Å². The maximum atomic E-state index is 13.1. The van der Waals surface area contributed by atoms with Crippen LogP contribution < -0.4 is 16.2 Å². The van der Waals surface area contributed by atoms with Crippen molar-refractivity contribution in [2.45, 2.75) is 31.6 Å². The van der Waals surface area contributed by atoms with E-state index in [1.807, 2.05) is 10.9 Å². The summed E-state index contributed by atoms with van der Waals surface area (Å²) in [5, 5.41) is 2.41. The van der Waals surface area contributed by atoms with E-state index in [4.69, 9.17) is 0 Å². The van der Waals surface area contributed by atoms with Crippen LogP contribution in [0.25, 0.3) is 11.0 Å². The number of rotatable bonds is 3. The summed E-state index contributed by atoms with van der Waals surface area (Å²) < 4.78 is 40.1. The minimum atomic E-state index is -4.76. The molecule has 0 bridgehead atoms. The van der Waals surface area contributed by atoms with E-state index in [2.05, 4.69) is 10.3 Å². The Hall–Kier alpha value is -3.11. The molecule has 0 atom stereocenters. The number of carbonyl (C=O) groups excluding carboxylic acids is 3. The molecule has 3 amide bonds. The average molecular weight is 369 g/mol. The van der Waals surface area contributed by atoms with Crippen LogP contribution in [0, 0.1) is 0 Å². The van der Waals surface area contributed by atoms with Crippen molar-refractivity contribution in [1.29, 1.82) is 0 Å². The Morgan fingerprint density at radius 1 is 1.12 bits per heavy atom. The molecule has 11 heteroatoms. The Bertz CT molecular complexity index is 873. The van der Waals surface area contributed by atoms with Crippen molar-refractivity contribution in [1.82, 2.24) is 25.7 Å². The summed E-state index contributed by atoms with van der Waals surface area (Å²) in [6.07, 6.45) is -3.20. The monoisotopic (exact) mass is 369 g/mol. The average Bonchev–Trinajstić information content (AvgIpc) is 3.31. The molecule has 3 rings (SSSR count). The highest BCUT2D eigenvalue weighted by atomic mass is 19.4. The van der Waals surface area contributed by atoms with Crippen LogP contribution in [0.15, 0.2) is 24.3 Å². The number of aromatic nitrogens is 2. The lowest BCUT2D eigenvalue weighted by molar-refractivity contribution is -0.147. The molecule has 1 aromatic carbocycles. The van der Waals surface area contributed by atoms with Gasteiger partial charge in [0.25, 0.3) is 5.91 Å². The number of carbonyl (C=O) groups is 3. The molecule has 0 spiro atoms. The first-order chi connectivity index (χ1) is 12.3. The quantitative estimate of drug-likeness (QED) is 0.541. The zero-order valence-electron chi connectivity index (χ0n) is 13.3. The van der Waals surface area contributed by atoms with Gasteiger partial charge in [0.1, 0.15) is 6.54 Å². The standard InChI is InChI=1S/C15H14F3N5O3/c16-15(17,18)14-20-9-3-1-2-4-10(9)23(14)7-11(24)21-22-13(26)12(25)19-8-5-6-8/h1-4,8H,5-7H2,(H,19,25)(H,21,24)(H,22,26). The van der Waals surface area contributed by atoms with Gasteiger partial charge in [-0.1, -0.05) is 12.1 Å². The van der Waals surface area contributed by atoms with Crippen molar-refractivity contribution in [3.05, 3.63) is 30.1 Å². The maximum Gasteiger partial charge on any atom is 0.449 e. The van der Waals surface area contributed by atoms with Gasteiger partial charge < -0.3 is 9.88 Å². The van der Waals surface area contributed by atoms with Crippen molar-refractivity contribution in [2.75, 3.05) is 0 Å². The van der Waals surface area contributed by atoms with Gasteiger partial charge in [-0.15, -0.1) is 0 Å². The van der Waals surface area contributed by atoms with Crippen LogP contribution in [0.5, 0.6) is 0 Å². The number of fused-ring (bicyclic) bond motifs is 1. The van der Waals surface area contributed by atoms with Gasteiger partial charge in [0.15, 0.2) is 0 Å². The SMILES string of the molecule is O=C(Cn1c(C(F)(F)F)nc2ccccc21)NNC(=O)C(=O)NC1CC1. The fraction of sp³-hybridized carbons (Fsp3) is 0.333. The van der Waals surface area contributed by atoms with E-state index in [1.165, 1.54) is 24.3 Å². The molecule has 1 fully saturated rings. The third kappa shape index (κ3) is 3.92. The lowest BCUT2D eigenvalue weighted by atomic mass is 10.3. The Labute approximate surface area is 144 Å². The Kier molecular flexibility index (Phi) is 4.53. The molecule has 8 nitrogen and oxygen atoms in total. The Morgan fingerprint density at radius 3 is 2.46 bits per heavy atom. The molecule has 3 N–H and O–H groups in total. The summed E-state index contributed by atoms with van der Waals surface area (Å²) in [5.41, 5.74) is 3.99. The number of para-hydroxylation sites is 2. The third-order valence-corrected chi connectivity index (χ3v) is 3.64. The third-order valence-electron chi connectivity index (χ3n) is 3.64. The molecule has 1 aliphatic carbocycles. The number of benzene rings is 1. The number of nitrogens with zero attached hydrogens (tertiary/aromatic N) is 2. The number of alkyl halides is 3. The fourth-order valence-corrected chi connectivity index (χ4v) is 2.30. The van der Waals surface area contributed by atoms with E-state index in [0.29, 0.717) is 4.57 Å².